The predicted molar refractivity (Wildman–Crippen MR) is 376 cm³/mol. The summed E-state index contributed by atoms with van der Waals surface area (Å²) < 4.78 is 39.3. The van der Waals surface area contributed by atoms with Crippen LogP contribution in [0.15, 0.2) is 312 Å². The van der Waals surface area contributed by atoms with Crippen LogP contribution in [0.5, 0.6) is 0 Å². The minimum absolute atomic E-state index is 0. The molecule has 3 radical (unpaired) electrons. The van der Waals surface area contributed by atoms with Gasteiger partial charge in [0.1, 0.15) is 0 Å². The van der Waals surface area contributed by atoms with E-state index in [4.69, 9.17) is 17.4 Å². The summed E-state index contributed by atoms with van der Waals surface area (Å²) in [6.07, 6.45) is 13.7. The number of pyridine rings is 9. The Morgan fingerprint density at radius 2 is 0.643 bits per heavy atom. The average molecular weight is 1810 g/mol. The van der Waals surface area contributed by atoms with E-state index < -0.39 is 6.85 Å². The number of aryl methyl sites for hydroxylation is 2. The predicted octanol–water partition coefficient (Wildman–Crippen LogP) is 19.8. The van der Waals surface area contributed by atoms with Crippen LogP contribution < -0.4 is 0 Å². The molecule has 0 fully saturated rings. The maximum absolute atomic E-state index is 7.23. The fourth-order valence-electron chi connectivity index (χ4n) is 10.3. The second-order valence-electron chi connectivity index (χ2n) is 20.9. The Morgan fingerprint density at radius 1 is 0.286 bits per heavy atom. The van der Waals surface area contributed by atoms with Crippen molar-refractivity contribution in [3.8, 4) is 67.5 Å². The standard InChI is InChI=1S/3C16H9N2O.2C12H10N.C11H8N.3Ir/c3*1-2-9-17-14(8-1)13-6-3-5-11-12-7-4-10-18-16(12)19-15(11)13;1-10-6-5-9-12(13-10)11-7-3-2-4-8-11;1-10-7-8-12(13-9-10)11-5-3-2-4-6-11;1-2-6-10(7-3-1)11-8-4-5-9-12-11;;;/h3*1-5,7-10H;2-7,9H,1H3;2-5,7-9H,1H3;1-6,8-9H;;;/q6*-1;;;/i;;;;1D3;;;;. The number of rotatable bonds is 6. The van der Waals surface area contributed by atoms with Crippen LogP contribution in [0.4, 0.5) is 0 Å². The molecular formula is C83H55Ir3N9O3-6. The fourth-order valence-corrected chi connectivity index (χ4v) is 10.3. The van der Waals surface area contributed by atoms with E-state index in [9.17, 15) is 0 Å². The zero-order chi connectivity index (χ0) is 66.9. The molecule has 0 aliphatic carbocycles. The molecule has 483 valence electrons. The third kappa shape index (κ3) is 17.0. The number of benzene rings is 6. The third-order valence-corrected chi connectivity index (χ3v) is 14.7. The van der Waals surface area contributed by atoms with E-state index in [0.717, 1.165) is 122 Å². The molecule has 12 heterocycles. The smallest absolute Gasteiger partial charge is 0.216 e. The van der Waals surface area contributed by atoms with Gasteiger partial charge in [-0.05, 0) is 120 Å². The van der Waals surface area contributed by atoms with Gasteiger partial charge in [-0.2, -0.15) is 0 Å². The fraction of sp³-hybridized carbons (Fsp3) is 0.0241. The maximum atomic E-state index is 7.23. The Kier molecular flexibility index (Phi) is 23.2. The zero-order valence-electron chi connectivity index (χ0n) is 55.0. The molecule has 0 bridgehead atoms. The Hall–Kier alpha value is -11.0. The molecule has 0 amide bonds. The van der Waals surface area contributed by atoms with Gasteiger partial charge in [-0.25, -0.2) is 15.0 Å². The molecule has 0 saturated carbocycles. The van der Waals surface area contributed by atoms with Crippen LogP contribution in [0, 0.1) is 50.2 Å². The van der Waals surface area contributed by atoms with Crippen LogP contribution in [-0.2, 0) is 60.3 Å². The molecule has 12 nitrogen and oxygen atoms in total. The number of nitrogens with zero attached hydrogens (tertiary/aromatic N) is 9. The van der Waals surface area contributed by atoms with E-state index in [1.54, 1.807) is 61.6 Å². The van der Waals surface area contributed by atoms with Crippen LogP contribution in [0.25, 0.3) is 134 Å². The number of aromatic nitrogens is 9. The van der Waals surface area contributed by atoms with Gasteiger partial charge in [-0.15, -0.1) is 162 Å². The van der Waals surface area contributed by atoms with Gasteiger partial charge in [0.05, 0.1) is 16.7 Å². The van der Waals surface area contributed by atoms with Crippen LogP contribution in [0.1, 0.15) is 15.4 Å². The third-order valence-electron chi connectivity index (χ3n) is 14.7. The first kappa shape index (κ1) is 65.7. The van der Waals surface area contributed by atoms with E-state index in [0.29, 0.717) is 17.1 Å². The summed E-state index contributed by atoms with van der Waals surface area (Å²) >= 11 is 0. The molecule has 0 spiro atoms. The van der Waals surface area contributed by atoms with Crippen molar-refractivity contribution >= 4 is 66.2 Å². The molecule has 18 rings (SSSR count). The second-order valence-corrected chi connectivity index (χ2v) is 20.9. The molecule has 0 saturated heterocycles. The van der Waals surface area contributed by atoms with Crippen molar-refractivity contribution in [3.05, 3.63) is 346 Å². The second kappa shape index (κ2) is 34.6. The van der Waals surface area contributed by atoms with E-state index in [1.165, 1.54) is 6.20 Å². The van der Waals surface area contributed by atoms with Crippen molar-refractivity contribution in [1.29, 1.82) is 0 Å². The van der Waals surface area contributed by atoms with Gasteiger partial charge in [0, 0.05) is 136 Å². The SMILES string of the molecule is Cc1cccc(-c2[c-]cccc2)n1.[2H]C([2H])([2H])c1ccc(-c2[c-]cccc2)nc1.[Ir].[Ir].[Ir].[c-]1ccc2c(oc3ncccc32)c1-c1ccccn1.[c-]1ccc2c(oc3ncccc32)c1-c1ccccn1.[c-]1ccc2c(oc3ncccc32)c1-c1ccccn1.[c-]1ccccc1-c1ccccn1. The van der Waals surface area contributed by atoms with Crippen molar-refractivity contribution in [2.45, 2.75) is 13.8 Å². The molecule has 0 aliphatic rings. The minimum atomic E-state index is -2.09. The number of hydrogen-bond donors (Lipinski definition) is 0. The number of fused-ring (bicyclic) bond motifs is 9. The molecule has 0 atom stereocenters. The summed E-state index contributed by atoms with van der Waals surface area (Å²) in [6, 6.07) is 98.1. The molecule has 0 aliphatic heterocycles. The summed E-state index contributed by atoms with van der Waals surface area (Å²) in [7, 11) is 0. The molecular weight excluding hydrogens is 1750 g/mol. The van der Waals surface area contributed by atoms with Gasteiger partial charge < -0.3 is 43.2 Å². The number of hydrogen-bond acceptors (Lipinski definition) is 12. The van der Waals surface area contributed by atoms with Crippen LogP contribution >= 0.6 is 0 Å². The number of furan rings is 3. The van der Waals surface area contributed by atoms with Crippen molar-refractivity contribution in [2.24, 2.45) is 0 Å². The molecule has 6 aromatic carbocycles. The first-order chi connectivity index (χ1) is 48.2. The van der Waals surface area contributed by atoms with Gasteiger partial charge in [0.2, 0.25) is 17.1 Å². The minimum Gasteiger partial charge on any atom is -0.486 e. The van der Waals surface area contributed by atoms with Gasteiger partial charge in [0.15, 0.2) is 0 Å². The molecule has 18 aromatic rings. The Labute approximate surface area is 611 Å². The van der Waals surface area contributed by atoms with E-state index in [2.05, 4.69) is 81.3 Å². The Balaban J connectivity index is 0.000000131. The Bertz CT molecular complexity index is 5190. The molecule has 0 unspecified atom stereocenters. The van der Waals surface area contributed by atoms with Gasteiger partial charge in [0.25, 0.3) is 0 Å². The molecule has 0 N–H and O–H groups in total. The normalized spacial score (nSPS) is 10.9. The maximum Gasteiger partial charge on any atom is 0.216 e. The first-order valence-corrected chi connectivity index (χ1v) is 30.2. The van der Waals surface area contributed by atoms with Crippen LogP contribution in [-0.4, -0.2) is 44.9 Å². The van der Waals surface area contributed by atoms with E-state index in [-0.39, 0.29) is 65.9 Å². The van der Waals surface area contributed by atoms with E-state index >= 15 is 0 Å². The monoisotopic (exact) mass is 1810 g/mol. The first-order valence-electron chi connectivity index (χ1n) is 31.7. The zero-order valence-corrected chi connectivity index (χ0v) is 59.2. The van der Waals surface area contributed by atoms with Gasteiger partial charge in [-0.3, -0.25) is 0 Å². The summed E-state index contributed by atoms with van der Waals surface area (Å²) in [4.78, 5) is 38.6. The summed E-state index contributed by atoms with van der Waals surface area (Å²) in [5.41, 5.74) is 16.4. The van der Waals surface area contributed by atoms with E-state index in [1.807, 2.05) is 237 Å². The van der Waals surface area contributed by atoms with Gasteiger partial charge >= 0.3 is 0 Å². The van der Waals surface area contributed by atoms with Crippen molar-refractivity contribution in [1.82, 2.24) is 44.9 Å². The average Bonchev–Trinajstić information content (AvgIpc) is 1.64. The van der Waals surface area contributed by atoms with Crippen LogP contribution in [0.2, 0.25) is 0 Å². The van der Waals surface area contributed by atoms with Crippen molar-refractivity contribution in [2.75, 3.05) is 0 Å². The van der Waals surface area contributed by atoms with Crippen LogP contribution in [0.3, 0.4) is 0 Å². The quantitative estimate of drug-likeness (QED) is 0.145. The summed E-state index contributed by atoms with van der Waals surface area (Å²) in [6.45, 7) is -0.0988. The molecule has 15 heteroatoms. The van der Waals surface area contributed by atoms with Gasteiger partial charge in [-0.1, -0.05) is 106 Å². The molecule has 98 heavy (non-hydrogen) atoms. The Morgan fingerprint density at radius 3 is 0.980 bits per heavy atom. The summed E-state index contributed by atoms with van der Waals surface area (Å²) in [5.74, 6) is 0. The largest absolute Gasteiger partial charge is 0.486 e. The van der Waals surface area contributed by atoms with Crippen molar-refractivity contribution in [3.63, 3.8) is 0 Å². The van der Waals surface area contributed by atoms with Crippen molar-refractivity contribution < 1.29 is 77.7 Å². The molecule has 12 aromatic heterocycles. The summed E-state index contributed by atoms with van der Waals surface area (Å²) in [5, 5.41) is 6.18. The topological polar surface area (TPSA) is 155 Å².